The van der Waals surface area contributed by atoms with Gasteiger partial charge in [-0.2, -0.15) is 4.31 Å². The van der Waals surface area contributed by atoms with Crippen LogP contribution in [0.1, 0.15) is 11.6 Å². The number of hydrogen-bond acceptors (Lipinski definition) is 4. The quantitative estimate of drug-likeness (QED) is 0.815. The third-order valence-electron chi connectivity index (χ3n) is 4.37. The van der Waals surface area contributed by atoms with Gasteiger partial charge in [-0.05, 0) is 24.7 Å². The molecule has 1 heterocycles. The highest BCUT2D eigenvalue weighted by Crippen LogP contribution is 2.34. The number of hydrogen-bond donors (Lipinski definition) is 0. The molecule has 0 radical (unpaired) electrons. The summed E-state index contributed by atoms with van der Waals surface area (Å²) in [5.41, 5.74) is 1.00. The van der Waals surface area contributed by atoms with Crippen LogP contribution in [0.2, 0.25) is 0 Å². The first-order chi connectivity index (χ1) is 11.5. The second-order valence-corrected chi connectivity index (χ2v) is 7.81. The van der Waals surface area contributed by atoms with Crippen molar-refractivity contribution in [2.75, 3.05) is 33.8 Å². The number of piperazine rings is 1. The summed E-state index contributed by atoms with van der Waals surface area (Å²) >= 11 is 0. The smallest absolute Gasteiger partial charge is 0.247 e. The summed E-state index contributed by atoms with van der Waals surface area (Å²) in [6.07, 6.45) is 0. The number of likely N-dealkylation sites (N-methyl/N-ethyl adjacent to an activating group) is 1. The van der Waals surface area contributed by atoms with E-state index in [0.717, 1.165) is 5.56 Å². The standard InChI is InChI=1S/C18H22N2O3S.ClH/c1-19-12-13-20(16(14-19)15-8-4-3-5-9-15)24(21,22)18-11-7-6-10-17(18)23-2;/h3-11,16H,12-14H2,1-2H3;1H. The third-order valence-corrected chi connectivity index (χ3v) is 6.32. The lowest BCUT2D eigenvalue weighted by Crippen LogP contribution is -2.49. The van der Waals surface area contributed by atoms with Crippen molar-refractivity contribution < 1.29 is 13.2 Å². The predicted molar refractivity (Wildman–Crippen MR) is 101 cm³/mol. The van der Waals surface area contributed by atoms with Crippen LogP contribution >= 0.6 is 12.4 Å². The van der Waals surface area contributed by atoms with Crippen molar-refractivity contribution in [1.82, 2.24) is 9.21 Å². The molecular formula is C18H23ClN2O3S. The average molecular weight is 383 g/mol. The lowest BCUT2D eigenvalue weighted by molar-refractivity contribution is 0.160. The highest BCUT2D eigenvalue weighted by molar-refractivity contribution is 7.89. The molecule has 0 spiro atoms. The molecular weight excluding hydrogens is 360 g/mol. The highest BCUT2D eigenvalue weighted by Gasteiger charge is 2.37. The first-order valence-corrected chi connectivity index (χ1v) is 9.36. The highest BCUT2D eigenvalue weighted by atomic mass is 35.5. The van der Waals surface area contributed by atoms with E-state index in [4.69, 9.17) is 4.74 Å². The molecule has 0 saturated carbocycles. The Morgan fingerprint density at radius 2 is 1.64 bits per heavy atom. The van der Waals surface area contributed by atoms with Gasteiger partial charge in [0, 0.05) is 19.6 Å². The molecule has 2 aromatic carbocycles. The van der Waals surface area contributed by atoms with Crippen molar-refractivity contribution in [1.29, 1.82) is 0 Å². The van der Waals surface area contributed by atoms with Crippen LogP contribution in [-0.4, -0.2) is 51.4 Å². The van der Waals surface area contributed by atoms with Crippen LogP contribution in [0.25, 0.3) is 0 Å². The van der Waals surface area contributed by atoms with E-state index in [1.807, 2.05) is 37.4 Å². The molecule has 0 aliphatic carbocycles. The van der Waals surface area contributed by atoms with E-state index in [0.29, 0.717) is 25.4 Å². The Kier molecular flexibility index (Phi) is 6.46. The summed E-state index contributed by atoms with van der Waals surface area (Å²) in [5.74, 6) is 0.378. The Hall–Kier alpha value is -1.60. The topological polar surface area (TPSA) is 49.9 Å². The van der Waals surface area contributed by atoms with Crippen LogP contribution in [0, 0.1) is 0 Å². The van der Waals surface area contributed by atoms with Crippen LogP contribution in [-0.2, 0) is 10.0 Å². The normalized spacial score (nSPS) is 19.2. The predicted octanol–water partition coefficient (Wildman–Crippen LogP) is 2.79. The van der Waals surface area contributed by atoms with Gasteiger partial charge >= 0.3 is 0 Å². The fraction of sp³-hybridized carbons (Fsp3) is 0.333. The Bertz CT molecular complexity index is 799. The van der Waals surface area contributed by atoms with E-state index < -0.39 is 10.0 Å². The molecule has 1 atom stereocenters. The number of methoxy groups -OCH3 is 1. The van der Waals surface area contributed by atoms with Gasteiger partial charge in [0.05, 0.1) is 13.2 Å². The molecule has 1 aliphatic rings. The van der Waals surface area contributed by atoms with Crippen LogP contribution in [0.4, 0.5) is 0 Å². The number of sulfonamides is 1. The minimum Gasteiger partial charge on any atom is -0.495 e. The van der Waals surface area contributed by atoms with E-state index in [1.54, 1.807) is 28.6 Å². The van der Waals surface area contributed by atoms with E-state index in [2.05, 4.69) is 4.90 Å². The minimum atomic E-state index is -3.64. The van der Waals surface area contributed by atoms with Crippen molar-refractivity contribution >= 4 is 22.4 Å². The zero-order valence-electron chi connectivity index (χ0n) is 14.3. The maximum atomic E-state index is 13.3. The van der Waals surface area contributed by atoms with E-state index in [9.17, 15) is 8.42 Å². The SMILES string of the molecule is COc1ccccc1S(=O)(=O)N1CCN(C)CC1c1ccccc1.Cl. The van der Waals surface area contributed by atoms with E-state index in [-0.39, 0.29) is 23.3 Å². The molecule has 0 N–H and O–H groups in total. The summed E-state index contributed by atoms with van der Waals surface area (Å²) in [6, 6.07) is 16.4. The molecule has 25 heavy (non-hydrogen) atoms. The molecule has 2 aromatic rings. The van der Waals surface area contributed by atoms with E-state index in [1.165, 1.54) is 7.11 Å². The molecule has 0 amide bonds. The molecule has 1 unspecified atom stereocenters. The van der Waals surface area contributed by atoms with Crippen LogP contribution < -0.4 is 4.74 Å². The largest absolute Gasteiger partial charge is 0.495 e. The summed E-state index contributed by atoms with van der Waals surface area (Å²) in [6.45, 7) is 1.83. The average Bonchev–Trinajstić information content (AvgIpc) is 2.62. The number of rotatable bonds is 4. The van der Waals surface area contributed by atoms with Crippen LogP contribution in [0.5, 0.6) is 5.75 Å². The molecule has 3 rings (SSSR count). The summed E-state index contributed by atoms with van der Waals surface area (Å²) in [4.78, 5) is 2.38. The van der Waals surface area contributed by atoms with Crippen molar-refractivity contribution in [2.45, 2.75) is 10.9 Å². The first kappa shape index (κ1) is 19.7. The second-order valence-electron chi connectivity index (χ2n) is 5.96. The zero-order valence-corrected chi connectivity index (χ0v) is 16.0. The molecule has 0 bridgehead atoms. The van der Waals surface area contributed by atoms with Crippen LogP contribution in [0.15, 0.2) is 59.5 Å². The number of benzene rings is 2. The van der Waals surface area contributed by atoms with Gasteiger partial charge in [-0.15, -0.1) is 12.4 Å². The number of halogens is 1. The Labute approximate surface area is 155 Å². The first-order valence-electron chi connectivity index (χ1n) is 7.92. The number of para-hydroxylation sites is 1. The fourth-order valence-corrected chi connectivity index (χ4v) is 4.85. The number of nitrogens with zero attached hydrogens (tertiary/aromatic N) is 2. The van der Waals surface area contributed by atoms with E-state index >= 15 is 0 Å². The van der Waals surface area contributed by atoms with Gasteiger partial charge in [0.15, 0.2) is 0 Å². The fourth-order valence-electron chi connectivity index (χ4n) is 3.10. The maximum Gasteiger partial charge on any atom is 0.247 e. The third kappa shape index (κ3) is 3.98. The van der Waals surface area contributed by atoms with Gasteiger partial charge in [-0.1, -0.05) is 42.5 Å². The Morgan fingerprint density at radius 1 is 1.00 bits per heavy atom. The summed E-state index contributed by atoms with van der Waals surface area (Å²) in [7, 11) is -0.134. The van der Waals surface area contributed by atoms with Gasteiger partial charge in [0.2, 0.25) is 10.0 Å². The summed E-state index contributed by atoms with van der Waals surface area (Å²) < 4.78 is 33.4. The van der Waals surface area contributed by atoms with Crippen molar-refractivity contribution in [3.8, 4) is 5.75 Å². The lowest BCUT2D eigenvalue weighted by Gasteiger charge is -2.39. The number of ether oxygens (including phenoxy) is 1. The van der Waals surface area contributed by atoms with Crippen LogP contribution in [0.3, 0.4) is 0 Å². The van der Waals surface area contributed by atoms with Gasteiger partial charge in [0.25, 0.3) is 0 Å². The van der Waals surface area contributed by atoms with Gasteiger partial charge in [-0.25, -0.2) is 8.42 Å². The molecule has 136 valence electrons. The minimum absolute atomic E-state index is 0. The molecule has 7 heteroatoms. The maximum absolute atomic E-state index is 13.3. The van der Waals surface area contributed by atoms with Crippen molar-refractivity contribution in [3.63, 3.8) is 0 Å². The molecule has 1 aliphatic heterocycles. The van der Waals surface area contributed by atoms with Crippen molar-refractivity contribution in [3.05, 3.63) is 60.2 Å². The Balaban J connectivity index is 0.00000225. The molecule has 1 fully saturated rings. The van der Waals surface area contributed by atoms with Crippen molar-refractivity contribution in [2.24, 2.45) is 0 Å². The second kappa shape index (κ2) is 8.19. The Morgan fingerprint density at radius 3 is 2.32 bits per heavy atom. The zero-order chi connectivity index (χ0) is 17.2. The van der Waals surface area contributed by atoms with Gasteiger partial charge in [0.1, 0.15) is 10.6 Å². The summed E-state index contributed by atoms with van der Waals surface area (Å²) in [5, 5.41) is 0. The molecule has 1 saturated heterocycles. The van der Waals surface area contributed by atoms with Gasteiger partial charge < -0.3 is 9.64 Å². The lowest BCUT2D eigenvalue weighted by atomic mass is 10.1. The monoisotopic (exact) mass is 382 g/mol. The molecule has 0 aromatic heterocycles. The molecule has 5 nitrogen and oxygen atoms in total. The van der Waals surface area contributed by atoms with Gasteiger partial charge in [-0.3, -0.25) is 0 Å².